The van der Waals surface area contributed by atoms with E-state index < -0.39 is 0 Å². The third-order valence-corrected chi connectivity index (χ3v) is 2.22. The molecule has 0 saturated carbocycles. The predicted octanol–water partition coefficient (Wildman–Crippen LogP) is 4.48. The van der Waals surface area contributed by atoms with Crippen LogP contribution in [0.15, 0.2) is 23.8 Å². The lowest BCUT2D eigenvalue weighted by Crippen LogP contribution is -1.86. The minimum Gasteiger partial charge on any atom is -0.0988 e. The number of unbranched alkanes of at least 4 members (excludes halogenated alkanes) is 1. The molecule has 0 heterocycles. The fourth-order valence-corrected chi connectivity index (χ4v) is 1.36. The van der Waals surface area contributed by atoms with E-state index in [0.717, 1.165) is 0 Å². The summed E-state index contributed by atoms with van der Waals surface area (Å²) in [5, 5.41) is 0. The molecule has 0 heteroatoms. The van der Waals surface area contributed by atoms with Gasteiger partial charge in [-0.2, -0.15) is 0 Å². The summed E-state index contributed by atoms with van der Waals surface area (Å²) in [7, 11) is 0. The van der Waals surface area contributed by atoms with Crippen LogP contribution in [0.25, 0.3) is 0 Å². The molecule has 12 heavy (non-hydrogen) atoms. The molecule has 0 nitrogen and oxygen atoms in total. The third-order valence-electron chi connectivity index (χ3n) is 2.22. The maximum Gasteiger partial charge on any atom is -0.0282 e. The topological polar surface area (TPSA) is 0 Å². The molecule has 0 saturated heterocycles. The van der Waals surface area contributed by atoms with E-state index in [4.69, 9.17) is 0 Å². The molecule has 0 radical (unpaired) electrons. The van der Waals surface area contributed by atoms with Gasteiger partial charge in [0.05, 0.1) is 0 Å². The number of hydrogen-bond donors (Lipinski definition) is 0. The van der Waals surface area contributed by atoms with Crippen molar-refractivity contribution in [3.8, 4) is 0 Å². The molecule has 0 atom stereocenters. The quantitative estimate of drug-likeness (QED) is 0.510. The van der Waals surface area contributed by atoms with Gasteiger partial charge in [0, 0.05) is 0 Å². The van der Waals surface area contributed by atoms with E-state index in [1.165, 1.54) is 43.3 Å². The van der Waals surface area contributed by atoms with Crippen molar-refractivity contribution < 1.29 is 0 Å². The summed E-state index contributed by atoms with van der Waals surface area (Å²) >= 11 is 0. The molecule has 0 amide bonds. The molecule has 0 aliphatic rings. The van der Waals surface area contributed by atoms with E-state index in [-0.39, 0.29) is 0 Å². The van der Waals surface area contributed by atoms with E-state index in [0.29, 0.717) is 0 Å². The highest BCUT2D eigenvalue weighted by atomic mass is 14.0. The minimum absolute atomic E-state index is 1.19. The largest absolute Gasteiger partial charge is 0.0988 e. The van der Waals surface area contributed by atoms with Gasteiger partial charge in [-0.05, 0) is 31.8 Å². The molecule has 0 aromatic rings. The van der Waals surface area contributed by atoms with E-state index in [2.05, 4.69) is 27.4 Å². The third kappa shape index (κ3) is 4.38. The van der Waals surface area contributed by atoms with Crippen molar-refractivity contribution >= 4 is 0 Å². The zero-order chi connectivity index (χ0) is 9.40. The smallest absolute Gasteiger partial charge is 0.0282 e. The molecule has 0 spiro atoms. The molecule has 0 N–H and O–H groups in total. The second-order valence-corrected chi connectivity index (χ2v) is 3.36. The fraction of sp³-hybridized carbons (Fsp3) is 0.667. The lowest BCUT2D eigenvalue weighted by molar-refractivity contribution is 0.773. The van der Waals surface area contributed by atoms with Crippen LogP contribution < -0.4 is 0 Å². The first-order valence-corrected chi connectivity index (χ1v) is 5.07. The van der Waals surface area contributed by atoms with Gasteiger partial charge in [-0.1, -0.05) is 44.9 Å². The van der Waals surface area contributed by atoms with Crippen LogP contribution in [0.2, 0.25) is 0 Å². The van der Waals surface area contributed by atoms with Crippen LogP contribution in [0.4, 0.5) is 0 Å². The summed E-state index contributed by atoms with van der Waals surface area (Å²) in [4.78, 5) is 0. The van der Waals surface area contributed by atoms with Gasteiger partial charge in [0.1, 0.15) is 0 Å². The Morgan fingerprint density at radius 3 is 2.25 bits per heavy atom. The average Bonchev–Trinajstić information content (AvgIpc) is 2.10. The fourth-order valence-electron chi connectivity index (χ4n) is 1.36. The summed E-state index contributed by atoms with van der Waals surface area (Å²) in [6.45, 7) is 10.5. The van der Waals surface area contributed by atoms with Crippen LogP contribution in [-0.4, -0.2) is 0 Å². The zero-order valence-corrected chi connectivity index (χ0v) is 8.82. The lowest BCUT2D eigenvalue weighted by atomic mass is 10.0. The van der Waals surface area contributed by atoms with Crippen molar-refractivity contribution in [1.29, 1.82) is 0 Å². The van der Waals surface area contributed by atoms with Crippen LogP contribution >= 0.6 is 0 Å². The Hall–Kier alpha value is -0.520. The Labute approximate surface area is 77.4 Å². The Morgan fingerprint density at radius 1 is 1.17 bits per heavy atom. The van der Waals surface area contributed by atoms with E-state index in [9.17, 15) is 0 Å². The molecule has 0 aliphatic carbocycles. The minimum atomic E-state index is 1.19. The average molecular weight is 166 g/mol. The molecule has 0 rings (SSSR count). The normalized spacial score (nSPS) is 12.6. The number of allylic oxidation sites excluding steroid dienone is 3. The molecule has 0 bridgehead atoms. The highest BCUT2D eigenvalue weighted by Crippen LogP contribution is 2.16. The van der Waals surface area contributed by atoms with Gasteiger partial charge in [-0.15, -0.1) is 0 Å². The van der Waals surface area contributed by atoms with Crippen LogP contribution in [0.5, 0.6) is 0 Å². The summed E-state index contributed by atoms with van der Waals surface area (Å²) in [5.74, 6) is 0. The van der Waals surface area contributed by atoms with E-state index in [1.54, 1.807) is 0 Å². The first kappa shape index (κ1) is 11.5. The van der Waals surface area contributed by atoms with Gasteiger partial charge >= 0.3 is 0 Å². The van der Waals surface area contributed by atoms with Crippen LogP contribution in [0, 0.1) is 0 Å². The second-order valence-electron chi connectivity index (χ2n) is 3.36. The highest BCUT2D eigenvalue weighted by Gasteiger charge is 1.96. The Balaban J connectivity index is 4.06. The van der Waals surface area contributed by atoms with Crippen molar-refractivity contribution in [3.63, 3.8) is 0 Å². The summed E-state index contributed by atoms with van der Waals surface area (Å²) in [6.07, 6.45) is 8.29. The van der Waals surface area contributed by atoms with E-state index in [1.807, 2.05) is 6.08 Å². The van der Waals surface area contributed by atoms with Gasteiger partial charge in [-0.25, -0.2) is 0 Å². The van der Waals surface area contributed by atoms with Crippen molar-refractivity contribution in [2.24, 2.45) is 0 Å². The molecule has 0 aliphatic heterocycles. The Kier molecular flexibility index (Phi) is 6.84. The van der Waals surface area contributed by atoms with Gasteiger partial charge in [0.2, 0.25) is 0 Å². The van der Waals surface area contributed by atoms with Gasteiger partial charge in [-0.3, -0.25) is 0 Å². The van der Waals surface area contributed by atoms with Crippen molar-refractivity contribution in [2.75, 3.05) is 0 Å². The van der Waals surface area contributed by atoms with Gasteiger partial charge < -0.3 is 0 Å². The number of rotatable bonds is 6. The molecule has 70 valence electrons. The maximum atomic E-state index is 3.85. The monoisotopic (exact) mass is 166 g/mol. The maximum absolute atomic E-state index is 3.85. The van der Waals surface area contributed by atoms with Crippen molar-refractivity contribution in [3.05, 3.63) is 23.8 Å². The van der Waals surface area contributed by atoms with E-state index >= 15 is 0 Å². The Bertz CT molecular complexity index is 151. The van der Waals surface area contributed by atoms with Gasteiger partial charge in [0.25, 0.3) is 0 Å². The summed E-state index contributed by atoms with van der Waals surface area (Å²) < 4.78 is 0. The first-order chi connectivity index (χ1) is 5.76. The van der Waals surface area contributed by atoms with Crippen molar-refractivity contribution in [2.45, 2.75) is 52.9 Å². The highest BCUT2D eigenvalue weighted by molar-refractivity contribution is 5.22. The Morgan fingerprint density at radius 2 is 1.83 bits per heavy atom. The zero-order valence-electron chi connectivity index (χ0n) is 8.82. The standard InChI is InChI=1S/C12H22/c1-5-8-10-11(4)12(7-3)9-6-2/h7H,3,5-6,8-10H2,1-2,4H3/b12-11-. The molecular weight excluding hydrogens is 144 g/mol. The molecular formula is C12H22. The summed E-state index contributed by atoms with van der Waals surface area (Å²) in [5.41, 5.74) is 3.00. The second kappa shape index (κ2) is 7.15. The first-order valence-electron chi connectivity index (χ1n) is 5.07. The summed E-state index contributed by atoms with van der Waals surface area (Å²) in [6, 6.07) is 0. The molecule has 0 fully saturated rings. The van der Waals surface area contributed by atoms with Crippen LogP contribution in [0.3, 0.4) is 0 Å². The SMILES string of the molecule is C=C/C(CCC)=C(\C)CCCC. The number of hydrogen-bond acceptors (Lipinski definition) is 0. The molecule has 0 unspecified atom stereocenters. The lowest BCUT2D eigenvalue weighted by Gasteiger charge is -2.06. The predicted molar refractivity (Wildman–Crippen MR) is 57.3 cm³/mol. The van der Waals surface area contributed by atoms with Gasteiger partial charge in [0.15, 0.2) is 0 Å². The van der Waals surface area contributed by atoms with Crippen LogP contribution in [0.1, 0.15) is 52.9 Å². The molecule has 0 aromatic heterocycles. The van der Waals surface area contributed by atoms with Crippen molar-refractivity contribution in [1.82, 2.24) is 0 Å². The van der Waals surface area contributed by atoms with Crippen LogP contribution in [-0.2, 0) is 0 Å². The molecule has 0 aromatic carbocycles.